The summed E-state index contributed by atoms with van der Waals surface area (Å²) in [5.41, 5.74) is 0.453. The quantitative estimate of drug-likeness (QED) is 0.785. The number of hydrogen-bond acceptors (Lipinski definition) is 5. The van der Waals surface area contributed by atoms with Crippen molar-refractivity contribution in [1.29, 1.82) is 0 Å². The van der Waals surface area contributed by atoms with Crippen molar-refractivity contribution in [2.24, 2.45) is 0 Å². The normalized spacial score (nSPS) is 30.7. The average molecular weight is 313 g/mol. The summed E-state index contributed by atoms with van der Waals surface area (Å²) in [4.78, 5) is 12.1. The third kappa shape index (κ3) is 3.21. The van der Waals surface area contributed by atoms with E-state index in [1.807, 2.05) is 13.8 Å². The Bertz CT molecular complexity index is 527. The van der Waals surface area contributed by atoms with Gasteiger partial charge in [0.2, 0.25) is 0 Å². The number of halogens is 1. The highest BCUT2D eigenvalue weighted by Crippen LogP contribution is 2.31. The van der Waals surface area contributed by atoms with Crippen molar-refractivity contribution in [2.45, 2.75) is 37.9 Å². The molecule has 0 amide bonds. The molecule has 114 valence electrons. The van der Waals surface area contributed by atoms with Crippen LogP contribution < -0.4 is 0 Å². The first kappa shape index (κ1) is 14.8. The Labute approximate surface area is 128 Å². The Hall–Kier alpha value is -1.14. The van der Waals surface area contributed by atoms with Crippen LogP contribution in [0.4, 0.5) is 0 Å². The van der Waals surface area contributed by atoms with Gasteiger partial charge in [-0.2, -0.15) is 0 Å². The van der Waals surface area contributed by atoms with Crippen LogP contribution in [0.1, 0.15) is 24.2 Å². The third-order valence-electron chi connectivity index (χ3n) is 3.56. The van der Waals surface area contributed by atoms with Crippen molar-refractivity contribution < 1.29 is 23.7 Å². The van der Waals surface area contributed by atoms with Gasteiger partial charge < -0.3 is 18.9 Å². The molecule has 3 atom stereocenters. The second-order valence-corrected chi connectivity index (χ2v) is 6.05. The Balaban J connectivity index is 1.67. The van der Waals surface area contributed by atoms with Crippen molar-refractivity contribution >= 4 is 17.6 Å². The first-order valence-corrected chi connectivity index (χ1v) is 7.22. The van der Waals surface area contributed by atoms with Gasteiger partial charge in [0.25, 0.3) is 0 Å². The average Bonchev–Trinajstić information content (AvgIpc) is 2.80. The topological polar surface area (TPSA) is 54.0 Å². The minimum atomic E-state index is -0.695. The van der Waals surface area contributed by atoms with Crippen molar-refractivity contribution in [2.75, 3.05) is 13.2 Å². The van der Waals surface area contributed by atoms with E-state index in [0.717, 1.165) is 0 Å². The number of hydrogen-bond donors (Lipinski definition) is 0. The summed E-state index contributed by atoms with van der Waals surface area (Å²) in [6.07, 6.45) is -0.924. The molecule has 0 N–H and O–H groups in total. The maximum Gasteiger partial charge on any atom is 0.338 e. The van der Waals surface area contributed by atoms with E-state index in [-0.39, 0.29) is 12.2 Å². The fourth-order valence-corrected chi connectivity index (χ4v) is 2.61. The van der Waals surface area contributed by atoms with E-state index < -0.39 is 17.9 Å². The molecule has 21 heavy (non-hydrogen) atoms. The highest BCUT2D eigenvalue weighted by atomic mass is 35.5. The lowest BCUT2D eigenvalue weighted by atomic mass is 10.1. The lowest BCUT2D eigenvalue weighted by Gasteiger charge is -2.38. The van der Waals surface area contributed by atoms with Gasteiger partial charge in [0.15, 0.2) is 11.9 Å². The zero-order valence-electron chi connectivity index (χ0n) is 11.9. The Morgan fingerprint density at radius 2 is 2.00 bits per heavy atom. The van der Waals surface area contributed by atoms with Gasteiger partial charge in [-0.3, -0.25) is 0 Å². The number of fused-ring (bicyclic) bond motifs is 1. The van der Waals surface area contributed by atoms with E-state index in [4.69, 9.17) is 30.5 Å². The molecule has 0 radical (unpaired) electrons. The molecular formula is C15H17ClO5. The Morgan fingerprint density at radius 1 is 1.29 bits per heavy atom. The molecule has 2 aliphatic rings. The highest BCUT2D eigenvalue weighted by Gasteiger charge is 2.47. The summed E-state index contributed by atoms with van der Waals surface area (Å²) in [5.74, 6) is -1.10. The number of benzene rings is 1. The fraction of sp³-hybridized carbons (Fsp3) is 0.533. The van der Waals surface area contributed by atoms with Crippen molar-refractivity contribution in [3.8, 4) is 0 Å². The first-order valence-electron chi connectivity index (χ1n) is 6.84. The van der Waals surface area contributed by atoms with E-state index in [1.165, 1.54) is 0 Å². The largest absolute Gasteiger partial charge is 0.453 e. The van der Waals surface area contributed by atoms with Crippen LogP contribution in [-0.2, 0) is 18.9 Å². The molecule has 0 bridgehead atoms. The van der Waals surface area contributed by atoms with E-state index in [9.17, 15) is 4.79 Å². The molecule has 0 aliphatic carbocycles. The molecule has 5 nitrogen and oxygen atoms in total. The number of carbonyl (C=O) groups excluding carboxylic acids is 1. The molecule has 3 rings (SSSR count). The minimum Gasteiger partial charge on any atom is -0.453 e. The Morgan fingerprint density at radius 3 is 2.71 bits per heavy atom. The number of ether oxygens (including phenoxy) is 4. The maximum atomic E-state index is 12.1. The predicted molar refractivity (Wildman–Crippen MR) is 75.3 cm³/mol. The first-order chi connectivity index (χ1) is 9.94. The zero-order valence-corrected chi connectivity index (χ0v) is 12.6. The molecule has 2 fully saturated rings. The van der Waals surface area contributed by atoms with Crippen molar-refractivity contribution in [3.63, 3.8) is 0 Å². The van der Waals surface area contributed by atoms with Gasteiger partial charge in [-0.15, -0.1) is 0 Å². The summed E-state index contributed by atoms with van der Waals surface area (Å²) in [5, 5.41) is 0.574. The molecule has 0 spiro atoms. The summed E-state index contributed by atoms with van der Waals surface area (Å²) in [7, 11) is 0. The number of rotatable bonds is 2. The molecule has 1 aromatic carbocycles. The number of esters is 1. The molecule has 2 aliphatic heterocycles. The molecular weight excluding hydrogens is 296 g/mol. The molecule has 0 unspecified atom stereocenters. The molecule has 2 saturated heterocycles. The van der Waals surface area contributed by atoms with E-state index in [0.29, 0.717) is 23.8 Å². The molecule has 0 aromatic heterocycles. The van der Waals surface area contributed by atoms with Crippen LogP contribution in [0.25, 0.3) is 0 Å². The second-order valence-electron chi connectivity index (χ2n) is 5.62. The van der Waals surface area contributed by atoms with E-state index in [2.05, 4.69) is 0 Å². The molecule has 0 saturated carbocycles. The molecule has 6 heteroatoms. The maximum absolute atomic E-state index is 12.1. The van der Waals surface area contributed by atoms with Gasteiger partial charge in [0.1, 0.15) is 12.2 Å². The van der Waals surface area contributed by atoms with Crippen LogP contribution in [0.15, 0.2) is 24.3 Å². The predicted octanol–water partition coefficient (Wildman–Crippen LogP) is 2.42. The SMILES string of the molecule is CC1(C)OC[C@@H]2OC[C@@H](OC(=O)c3ccc(Cl)cc3)[C@@H]2O1. The van der Waals surface area contributed by atoms with Gasteiger partial charge >= 0.3 is 5.97 Å². The molecule has 1 aromatic rings. The summed E-state index contributed by atoms with van der Waals surface area (Å²) >= 11 is 5.80. The zero-order chi connectivity index (χ0) is 15.0. The van der Waals surface area contributed by atoms with Crippen LogP contribution in [-0.4, -0.2) is 43.3 Å². The summed E-state index contributed by atoms with van der Waals surface area (Å²) in [6.45, 7) is 4.42. The van der Waals surface area contributed by atoms with Gasteiger partial charge in [-0.05, 0) is 38.1 Å². The van der Waals surface area contributed by atoms with Gasteiger partial charge in [0, 0.05) is 5.02 Å². The van der Waals surface area contributed by atoms with Crippen LogP contribution in [0, 0.1) is 0 Å². The van der Waals surface area contributed by atoms with E-state index in [1.54, 1.807) is 24.3 Å². The van der Waals surface area contributed by atoms with Gasteiger partial charge in [-0.25, -0.2) is 4.79 Å². The van der Waals surface area contributed by atoms with Crippen LogP contribution in [0.2, 0.25) is 5.02 Å². The highest BCUT2D eigenvalue weighted by molar-refractivity contribution is 6.30. The lowest BCUT2D eigenvalue weighted by molar-refractivity contribution is -0.299. The monoisotopic (exact) mass is 312 g/mol. The summed E-state index contributed by atoms with van der Waals surface area (Å²) in [6, 6.07) is 6.57. The van der Waals surface area contributed by atoms with Crippen LogP contribution in [0.5, 0.6) is 0 Å². The lowest BCUT2D eigenvalue weighted by Crippen LogP contribution is -2.50. The standard InChI is InChI=1S/C15H17ClO5/c1-15(2)19-8-11-13(21-15)12(7-18-11)20-14(17)9-3-5-10(16)6-4-9/h3-6,11-13H,7-8H2,1-2H3/t11-,12+,13+/m0/s1. The van der Waals surface area contributed by atoms with Gasteiger partial charge in [0.05, 0.1) is 18.8 Å². The number of carbonyl (C=O) groups is 1. The van der Waals surface area contributed by atoms with Crippen LogP contribution in [0.3, 0.4) is 0 Å². The third-order valence-corrected chi connectivity index (χ3v) is 3.81. The fourth-order valence-electron chi connectivity index (χ4n) is 2.48. The van der Waals surface area contributed by atoms with E-state index >= 15 is 0 Å². The molecule has 2 heterocycles. The Kier molecular flexibility index (Phi) is 3.92. The minimum absolute atomic E-state index is 0.193. The summed E-state index contributed by atoms with van der Waals surface area (Å²) < 4.78 is 22.4. The van der Waals surface area contributed by atoms with Gasteiger partial charge in [-0.1, -0.05) is 11.6 Å². The van der Waals surface area contributed by atoms with Crippen LogP contribution >= 0.6 is 11.6 Å². The smallest absolute Gasteiger partial charge is 0.338 e. The van der Waals surface area contributed by atoms with Crippen molar-refractivity contribution in [3.05, 3.63) is 34.9 Å². The second kappa shape index (κ2) is 5.57. The van der Waals surface area contributed by atoms with Crippen molar-refractivity contribution in [1.82, 2.24) is 0 Å².